The van der Waals surface area contributed by atoms with Crippen molar-refractivity contribution in [2.24, 2.45) is 12.0 Å². The number of imidazole rings is 1. The van der Waals surface area contributed by atoms with E-state index in [1.807, 2.05) is 37.4 Å². The molecule has 0 bridgehead atoms. The minimum atomic E-state index is 0.326. The molecule has 7 heteroatoms. The van der Waals surface area contributed by atoms with Gasteiger partial charge in [0.15, 0.2) is 5.96 Å². The molecule has 1 unspecified atom stereocenters. The van der Waals surface area contributed by atoms with E-state index in [-0.39, 0.29) is 0 Å². The molecule has 0 saturated carbocycles. The van der Waals surface area contributed by atoms with Gasteiger partial charge in [-0.1, -0.05) is 24.3 Å². The van der Waals surface area contributed by atoms with Crippen LogP contribution in [0.3, 0.4) is 0 Å². The largest absolute Gasteiger partial charge is 0.495 e. The number of rotatable bonds is 5. The van der Waals surface area contributed by atoms with Crippen molar-refractivity contribution in [2.45, 2.75) is 19.0 Å². The molecule has 0 aliphatic carbocycles. The first kappa shape index (κ1) is 19.1. The molecule has 1 saturated heterocycles. The van der Waals surface area contributed by atoms with E-state index in [1.54, 1.807) is 14.2 Å². The number of ether oxygens (including phenoxy) is 1. The summed E-state index contributed by atoms with van der Waals surface area (Å²) in [6.07, 6.45) is 1.05. The number of benzene rings is 2. The minimum Gasteiger partial charge on any atom is -0.495 e. The van der Waals surface area contributed by atoms with Crippen LogP contribution in [0.5, 0.6) is 5.75 Å². The summed E-state index contributed by atoms with van der Waals surface area (Å²) in [4.78, 5) is 11.5. The Morgan fingerprint density at radius 1 is 1.21 bits per heavy atom. The highest BCUT2D eigenvalue weighted by atomic mass is 16.5. The molecule has 1 aliphatic rings. The highest BCUT2D eigenvalue weighted by Gasteiger charge is 2.25. The lowest BCUT2D eigenvalue weighted by Crippen LogP contribution is -2.44. The van der Waals surface area contributed by atoms with Crippen molar-refractivity contribution in [1.29, 1.82) is 0 Å². The number of nitrogens with zero attached hydrogens (tertiary/aromatic N) is 4. The van der Waals surface area contributed by atoms with Gasteiger partial charge in [-0.2, -0.15) is 0 Å². The fourth-order valence-corrected chi connectivity index (χ4v) is 3.89. The maximum atomic E-state index is 5.51. The van der Waals surface area contributed by atoms with Crippen molar-refractivity contribution >= 4 is 22.7 Å². The summed E-state index contributed by atoms with van der Waals surface area (Å²) in [6, 6.07) is 16.7. The van der Waals surface area contributed by atoms with E-state index in [0.717, 1.165) is 53.8 Å². The summed E-state index contributed by atoms with van der Waals surface area (Å²) < 4.78 is 7.63. The Balaban J connectivity index is 1.36. The zero-order chi connectivity index (χ0) is 20.2. The Hall–Kier alpha value is -3.22. The van der Waals surface area contributed by atoms with Crippen LogP contribution in [0.4, 0.5) is 5.69 Å². The first-order valence-electron chi connectivity index (χ1n) is 9.95. The van der Waals surface area contributed by atoms with Crippen LogP contribution in [-0.4, -0.2) is 48.8 Å². The Kier molecular flexibility index (Phi) is 5.55. The summed E-state index contributed by atoms with van der Waals surface area (Å²) in [5.74, 6) is 2.69. The predicted octanol–water partition coefficient (Wildman–Crippen LogP) is 2.53. The molecular weight excluding hydrogens is 364 g/mol. The van der Waals surface area contributed by atoms with Gasteiger partial charge in [0, 0.05) is 33.2 Å². The number of aryl methyl sites for hydroxylation is 1. The molecule has 29 heavy (non-hydrogen) atoms. The SMILES string of the molecule is CN=C(NCc1nc2ccccc2n1C)NC1CCN(c2ccccc2OC)C1. The number of para-hydroxylation sites is 4. The summed E-state index contributed by atoms with van der Waals surface area (Å²) in [6.45, 7) is 2.51. The fourth-order valence-electron chi connectivity index (χ4n) is 3.89. The molecule has 7 nitrogen and oxygen atoms in total. The lowest BCUT2D eigenvalue weighted by atomic mass is 10.2. The first-order chi connectivity index (χ1) is 14.2. The van der Waals surface area contributed by atoms with E-state index < -0.39 is 0 Å². The zero-order valence-corrected chi connectivity index (χ0v) is 17.2. The van der Waals surface area contributed by atoms with Gasteiger partial charge in [0.05, 0.1) is 30.4 Å². The van der Waals surface area contributed by atoms with Crippen LogP contribution < -0.4 is 20.3 Å². The molecule has 0 amide bonds. The van der Waals surface area contributed by atoms with Gasteiger partial charge in [-0.05, 0) is 30.7 Å². The third-order valence-electron chi connectivity index (χ3n) is 5.47. The molecule has 4 rings (SSSR count). The third kappa shape index (κ3) is 3.99. The van der Waals surface area contributed by atoms with Crippen LogP contribution in [0.1, 0.15) is 12.2 Å². The van der Waals surface area contributed by atoms with Crippen LogP contribution in [0, 0.1) is 0 Å². The second kappa shape index (κ2) is 8.43. The Morgan fingerprint density at radius 3 is 2.79 bits per heavy atom. The van der Waals surface area contributed by atoms with E-state index in [4.69, 9.17) is 9.72 Å². The van der Waals surface area contributed by atoms with Gasteiger partial charge >= 0.3 is 0 Å². The standard InChI is InChI=1S/C22H28N6O/c1-23-22(24-14-21-26-17-8-4-5-9-18(17)27(21)2)25-16-12-13-28(15-16)19-10-6-7-11-20(19)29-3/h4-11,16H,12-15H2,1-3H3,(H2,23,24,25). The molecule has 2 heterocycles. The second-order valence-corrected chi connectivity index (χ2v) is 7.25. The summed E-state index contributed by atoms with van der Waals surface area (Å²) in [5.41, 5.74) is 3.29. The predicted molar refractivity (Wildman–Crippen MR) is 118 cm³/mol. The topological polar surface area (TPSA) is 66.7 Å². The Bertz CT molecular complexity index is 1010. The molecule has 1 aromatic heterocycles. The van der Waals surface area contributed by atoms with Crippen LogP contribution in [0.2, 0.25) is 0 Å². The second-order valence-electron chi connectivity index (χ2n) is 7.25. The lowest BCUT2D eigenvalue weighted by Gasteiger charge is -2.22. The van der Waals surface area contributed by atoms with E-state index in [0.29, 0.717) is 12.6 Å². The van der Waals surface area contributed by atoms with Crippen molar-refractivity contribution in [3.05, 3.63) is 54.4 Å². The number of hydrogen-bond acceptors (Lipinski definition) is 4. The summed E-state index contributed by atoms with van der Waals surface area (Å²) in [5, 5.41) is 6.95. The van der Waals surface area contributed by atoms with Gasteiger partial charge in [-0.3, -0.25) is 4.99 Å². The monoisotopic (exact) mass is 392 g/mol. The van der Waals surface area contributed by atoms with Crippen LogP contribution >= 0.6 is 0 Å². The van der Waals surface area contributed by atoms with Crippen molar-refractivity contribution in [3.63, 3.8) is 0 Å². The number of methoxy groups -OCH3 is 1. The van der Waals surface area contributed by atoms with E-state index in [9.17, 15) is 0 Å². The van der Waals surface area contributed by atoms with Crippen LogP contribution in [-0.2, 0) is 13.6 Å². The van der Waals surface area contributed by atoms with Crippen LogP contribution in [0.15, 0.2) is 53.5 Å². The quantitative estimate of drug-likeness (QED) is 0.516. The molecule has 152 valence electrons. The molecule has 2 N–H and O–H groups in total. The van der Waals surface area contributed by atoms with E-state index in [1.165, 1.54) is 0 Å². The molecule has 0 spiro atoms. The smallest absolute Gasteiger partial charge is 0.191 e. The highest BCUT2D eigenvalue weighted by molar-refractivity contribution is 5.80. The van der Waals surface area contributed by atoms with Crippen molar-refractivity contribution in [1.82, 2.24) is 20.2 Å². The van der Waals surface area contributed by atoms with Gasteiger partial charge < -0.3 is 24.8 Å². The van der Waals surface area contributed by atoms with Gasteiger partial charge in [-0.25, -0.2) is 4.98 Å². The summed E-state index contributed by atoms with van der Waals surface area (Å²) in [7, 11) is 5.57. The van der Waals surface area contributed by atoms with E-state index in [2.05, 4.69) is 43.3 Å². The molecule has 2 aromatic carbocycles. The number of fused-ring (bicyclic) bond motifs is 1. The Labute approximate surface area is 171 Å². The number of aromatic nitrogens is 2. The number of hydrogen-bond donors (Lipinski definition) is 2. The molecule has 1 fully saturated rings. The molecular formula is C22H28N6O. The van der Waals surface area contributed by atoms with Crippen molar-refractivity contribution < 1.29 is 4.74 Å². The maximum absolute atomic E-state index is 5.51. The zero-order valence-electron chi connectivity index (χ0n) is 17.2. The fraction of sp³-hybridized carbons (Fsp3) is 0.364. The van der Waals surface area contributed by atoms with Gasteiger partial charge in [0.25, 0.3) is 0 Å². The van der Waals surface area contributed by atoms with Gasteiger partial charge in [-0.15, -0.1) is 0 Å². The highest BCUT2D eigenvalue weighted by Crippen LogP contribution is 2.30. The normalized spacial score (nSPS) is 17.0. The molecule has 3 aromatic rings. The third-order valence-corrected chi connectivity index (χ3v) is 5.47. The minimum absolute atomic E-state index is 0.326. The van der Waals surface area contributed by atoms with Gasteiger partial charge in [0.2, 0.25) is 0 Å². The average Bonchev–Trinajstić information content (AvgIpc) is 3.35. The van der Waals surface area contributed by atoms with Gasteiger partial charge in [0.1, 0.15) is 11.6 Å². The first-order valence-corrected chi connectivity index (χ1v) is 9.95. The summed E-state index contributed by atoms with van der Waals surface area (Å²) >= 11 is 0. The Morgan fingerprint density at radius 2 is 2.00 bits per heavy atom. The number of anilines is 1. The van der Waals surface area contributed by atoms with Crippen LogP contribution in [0.25, 0.3) is 11.0 Å². The lowest BCUT2D eigenvalue weighted by molar-refractivity contribution is 0.415. The van der Waals surface area contributed by atoms with E-state index >= 15 is 0 Å². The number of aliphatic imine (C=N–C) groups is 1. The number of nitrogens with one attached hydrogen (secondary N) is 2. The average molecular weight is 393 g/mol. The molecule has 1 aliphatic heterocycles. The molecule has 0 radical (unpaired) electrons. The maximum Gasteiger partial charge on any atom is 0.191 e. The molecule has 1 atom stereocenters. The van der Waals surface area contributed by atoms with Crippen molar-refractivity contribution in [3.8, 4) is 5.75 Å². The van der Waals surface area contributed by atoms with Crippen molar-refractivity contribution in [2.75, 3.05) is 32.1 Å². The number of guanidine groups is 1.